The predicted molar refractivity (Wildman–Crippen MR) is 167 cm³/mol. The number of hydrogen-bond donors (Lipinski definition) is 0. The lowest BCUT2D eigenvalue weighted by Crippen LogP contribution is -2.39. The smallest absolute Gasteiger partial charge is 0.338 e. The molecule has 0 bridgehead atoms. The molecule has 0 unspecified atom stereocenters. The van der Waals surface area contributed by atoms with Gasteiger partial charge in [-0.05, 0) is 79.9 Å². The van der Waals surface area contributed by atoms with Crippen molar-refractivity contribution in [3.63, 3.8) is 0 Å². The van der Waals surface area contributed by atoms with E-state index in [0.29, 0.717) is 49.8 Å². The van der Waals surface area contributed by atoms with Crippen LogP contribution in [-0.2, 0) is 20.9 Å². The summed E-state index contributed by atoms with van der Waals surface area (Å²) in [6, 6.07) is 17.1. The maximum atomic E-state index is 13.8. The van der Waals surface area contributed by atoms with Crippen LogP contribution in [0.2, 0.25) is 0 Å². The Kier molecular flexibility index (Phi) is 9.58. The molecule has 0 radical (unpaired) electrons. The monoisotopic (exact) mass is 630 g/mol. The van der Waals surface area contributed by atoms with E-state index in [1.165, 1.54) is 35.1 Å². The number of rotatable bonds is 10. The quantitative estimate of drug-likeness (QED) is 0.234. The molecule has 0 amide bonds. The first kappa shape index (κ1) is 31.4. The van der Waals surface area contributed by atoms with Crippen LogP contribution in [0.1, 0.15) is 53.9 Å². The summed E-state index contributed by atoms with van der Waals surface area (Å²) in [5.41, 5.74) is 2.85. The number of halogens is 1. The molecule has 1 aliphatic rings. The normalized spacial score (nSPS) is 14.4. The third-order valence-electron chi connectivity index (χ3n) is 7.05. The molecule has 45 heavy (non-hydrogen) atoms. The molecule has 0 spiro atoms. The molecule has 3 aromatic carbocycles. The van der Waals surface area contributed by atoms with E-state index in [0.717, 1.165) is 5.56 Å². The number of allylic oxidation sites excluding steroid dienone is 1. The number of benzene rings is 3. The summed E-state index contributed by atoms with van der Waals surface area (Å²) in [4.78, 5) is 43.7. The van der Waals surface area contributed by atoms with Crippen LogP contribution in [0.25, 0.3) is 6.08 Å². The molecule has 0 fully saturated rings. The maximum absolute atomic E-state index is 13.8. The molecule has 0 saturated carbocycles. The molecule has 232 valence electrons. The zero-order chi connectivity index (χ0) is 32.1. The lowest BCUT2D eigenvalue weighted by Gasteiger charge is -2.24. The van der Waals surface area contributed by atoms with Crippen molar-refractivity contribution in [2.45, 2.75) is 33.4 Å². The SMILES string of the molecule is CCOC(=O)C1=C(C)N=c2s/c(=C\c3ccc(OCc4ccc(C(=O)OCC)cc4)c(OC)c3)c(=O)n2[C@@H]1c1ccc(F)cc1. The highest BCUT2D eigenvalue weighted by atomic mass is 32.1. The van der Waals surface area contributed by atoms with Crippen LogP contribution in [0.15, 0.2) is 87.8 Å². The van der Waals surface area contributed by atoms with Gasteiger partial charge in [0.2, 0.25) is 0 Å². The van der Waals surface area contributed by atoms with E-state index in [4.69, 9.17) is 18.9 Å². The first-order valence-corrected chi connectivity index (χ1v) is 15.1. The van der Waals surface area contributed by atoms with Crippen LogP contribution >= 0.6 is 11.3 Å². The number of carbonyl (C=O) groups excluding carboxylic acids is 2. The van der Waals surface area contributed by atoms with Gasteiger partial charge in [-0.3, -0.25) is 9.36 Å². The topological polar surface area (TPSA) is 105 Å². The van der Waals surface area contributed by atoms with Crippen molar-refractivity contribution in [3.05, 3.63) is 126 Å². The summed E-state index contributed by atoms with van der Waals surface area (Å²) in [5.74, 6) is -0.438. The van der Waals surface area contributed by atoms with Crippen molar-refractivity contribution in [2.75, 3.05) is 20.3 Å². The minimum Gasteiger partial charge on any atom is -0.493 e. The fourth-order valence-electron chi connectivity index (χ4n) is 4.91. The van der Waals surface area contributed by atoms with Gasteiger partial charge in [0.05, 0.1) is 47.7 Å². The molecule has 5 rings (SSSR count). The van der Waals surface area contributed by atoms with Crippen LogP contribution in [0.5, 0.6) is 11.5 Å². The van der Waals surface area contributed by atoms with Crippen LogP contribution < -0.4 is 24.4 Å². The maximum Gasteiger partial charge on any atom is 0.338 e. The number of thiazole rings is 1. The minimum atomic E-state index is -0.834. The van der Waals surface area contributed by atoms with Gasteiger partial charge in [0.15, 0.2) is 16.3 Å². The minimum absolute atomic E-state index is 0.152. The molecule has 1 atom stereocenters. The van der Waals surface area contributed by atoms with E-state index >= 15 is 0 Å². The van der Waals surface area contributed by atoms with E-state index in [1.54, 1.807) is 81.4 Å². The highest BCUT2D eigenvalue weighted by molar-refractivity contribution is 7.07. The summed E-state index contributed by atoms with van der Waals surface area (Å²) < 4.78 is 37.5. The van der Waals surface area contributed by atoms with Gasteiger partial charge in [-0.15, -0.1) is 0 Å². The molecule has 1 aliphatic heterocycles. The Balaban J connectivity index is 1.45. The number of carbonyl (C=O) groups is 2. The van der Waals surface area contributed by atoms with E-state index < -0.39 is 17.8 Å². The molecule has 9 nitrogen and oxygen atoms in total. The van der Waals surface area contributed by atoms with Gasteiger partial charge >= 0.3 is 11.9 Å². The summed E-state index contributed by atoms with van der Waals surface area (Å²) in [6.07, 6.45) is 1.72. The average Bonchev–Trinajstić information content (AvgIpc) is 3.34. The van der Waals surface area contributed by atoms with Crippen LogP contribution in [-0.4, -0.2) is 36.8 Å². The Morgan fingerprint density at radius 1 is 0.956 bits per heavy atom. The summed E-state index contributed by atoms with van der Waals surface area (Å²) >= 11 is 1.18. The molecule has 0 N–H and O–H groups in total. The van der Waals surface area contributed by atoms with Crippen LogP contribution in [0, 0.1) is 5.82 Å². The van der Waals surface area contributed by atoms with Crippen molar-refractivity contribution in [2.24, 2.45) is 4.99 Å². The van der Waals surface area contributed by atoms with Gasteiger partial charge in [0.1, 0.15) is 12.4 Å². The average molecular weight is 631 g/mol. The number of esters is 2. The number of methoxy groups -OCH3 is 1. The molecular formula is C34H31FN2O7S. The summed E-state index contributed by atoms with van der Waals surface area (Å²) in [5, 5.41) is 0. The standard InChI is InChI=1S/C34H31FN2O7S/c1-5-42-32(39)24-10-7-21(8-11-24)19-44-26-16-9-22(17-27(26)41-4)18-28-31(38)37-30(23-12-14-25(35)15-13-23)29(33(40)43-6-2)20(3)36-34(37)45-28/h7-18,30H,5-6,19H2,1-4H3/b28-18-/t30-/m1/s1. The molecule has 4 aromatic rings. The van der Waals surface area contributed by atoms with Gasteiger partial charge < -0.3 is 18.9 Å². The Morgan fingerprint density at radius 3 is 2.31 bits per heavy atom. The predicted octanol–water partition coefficient (Wildman–Crippen LogP) is 4.70. The zero-order valence-corrected chi connectivity index (χ0v) is 26.0. The third-order valence-corrected chi connectivity index (χ3v) is 8.03. The van der Waals surface area contributed by atoms with Crippen molar-refractivity contribution in [1.29, 1.82) is 0 Å². The van der Waals surface area contributed by atoms with E-state index in [2.05, 4.69) is 4.99 Å². The number of fused-ring (bicyclic) bond motifs is 1. The first-order chi connectivity index (χ1) is 21.7. The number of ether oxygens (including phenoxy) is 4. The molecule has 11 heteroatoms. The second-order valence-corrected chi connectivity index (χ2v) is 11.0. The van der Waals surface area contributed by atoms with E-state index in [-0.39, 0.29) is 30.3 Å². The van der Waals surface area contributed by atoms with Crippen molar-refractivity contribution < 1.29 is 32.9 Å². The summed E-state index contributed by atoms with van der Waals surface area (Å²) in [7, 11) is 1.52. The van der Waals surface area contributed by atoms with E-state index in [1.807, 2.05) is 0 Å². The largest absolute Gasteiger partial charge is 0.493 e. The molecule has 0 aliphatic carbocycles. The van der Waals surface area contributed by atoms with Gasteiger partial charge in [-0.25, -0.2) is 19.0 Å². The van der Waals surface area contributed by atoms with E-state index in [9.17, 15) is 18.8 Å². The second-order valence-electron chi connectivity index (χ2n) is 9.97. The fourth-order valence-corrected chi connectivity index (χ4v) is 5.96. The summed E-state index contributed by atoms with van der Waals surface area (Å²) in [6.45, 7) is 5.84. The van der Waals surface area contributed by atoms with Crippen LogP contribution in [0.3, 0.4) is 0 Å². The Hall–Kier alpha value is -5.03. The number of hydrogen-bond acceptors (Lipinski definition) is 9. The van der Waals surface area contributed by atoms with Crippen molar-refractivity contribution >= 4 is 29.4 Å². The van der Waals surface area contributed by atoms with Gasteiger partial charge in [-0.2, -0.15) is 0 Å². The van der Waals surface area contributed by atoms with Crippen molar-refractivity contribution in [1.82, 2.24) is 4.57 Å². The van der Waals surface area contributed by atoms with Crippen molar-refractivity contribution in [3.8, 4) is 11.5 Å². The van der Waals surface area contributed by atoms with Gasteiger partial charge in [-0.1, -0.05) is 41.7 Å². The highest BCUT2D eigenvalue weighted by Gasteiger charge is 2.33. The fraction of sp³-hybridized carbons (Fsp3) is 0.235. The number of nitrogens with zero attached hydrogens (tertiary/aromatic N) is 2. The highest BCUT2D eigenvalue weighted by Crippen LogP contribution is 2.31. The molecular weight excluding hydrogens is 599 g/mol. The molecule has 0 saturated heterocycles. The Labute approximate surface area is 262 Å². The zero-order valence-electron chi connectivity index (χ0n) is 25.2. The third kappa shape index (κ3) is 6.73. The second kappa shape index (κ2) is 13.7. The Morgan fingerprint density at radius 2 is 1.64 bits per heavy atom. The first-order valence-electron chi connectivity index (χ1n) is 14.3. The molecule has 2 heterocycles. The lowest BCUT2D eigenvalue weighted by atomic mass is 9.96. The van der Waals surface area contributed by atoms with Crippen LogP contribution in [0.4, 0.5) is 4.39 Å². The van der Waals surface area contributed by atoms with Gasteiger partial charge in [0.25, 0.3) is 5.56 Å². The number of aromatic nitrogens is 1. The van der Waals surface area contributed by atoms with Gasteiger partial charge in [0, 0.05) is 0 Å². The Bertz CT molecular complexity index is 1940. The lowest BCUT2D eigenvalue weighted by molar-refractivity contribution is -0.139. The molecule has 1 aromatic heterocycles.